The molecule has 4 nitrogen and oxygen atoms in total. The highest BCUT2D eigenvalue weighted by Gasteiger charge is 2.12. The lowest BCUT2D eigenvalue weighted by Crippen LogP contribution is -2.13. The van der Waals surface area contributed by atoms with Crippen LogP contribution < -0.4 is 14.8 Å². The average molecular weight is 327 g/mol. The van der Waals surface area contributed by atoms with Crippen molar-refractivity contribution in [1.29, 1.82) is 0 Å². The van der Waals surface area contributed by atoms with E-state index in [2.05, 4.69) is 12.2 Å². The molecule has 0 aliphatic heterocycles. The van der Waals surface area contributed by atoms with Crippen molar-refractivity contribution in [2.24, 2.45) is 0 Å². The zero-order chi connectivity index (χ0) is 17.5. The molecule has 4 heteroatoms. The molecule has 2 aromatic rings. The van der Waals surface area contributed by atoms with Crippen LogP contribution in [0.3, 0.4) is 0 Å². The van der Waals surface area contributed by atoms with Crippen LogP contribution in [0.5, 0.6) is 11.5 Å². The largest absolute Gasteiger partial charge is 0.493 e. The normalized spacial score (nSPS) is 10.3. The van der Waals surface area contributed by atoms with Gasteiger partial charge in [-0.05, 0) is 55.7 Å². The van der Waals surface area contributed by atoms with E-state index < -0.39 is 0 Å². The molecule has 0 saturated carbocycles. The van der Waals surface area contributed by atoms with Gasteiger partial charge in [0, 0.05) is 11.3 Å². The number of nitrogens with one attached hydrogen (secondary N) is 1. The summed E-state index contributed by atoms with van der Waals surface area (Å²) in [6, 6.07) is 11.2. The Morgan fingerprint density at radius 3 is 2.58 bits per heavy atom. The molecule has 0 radical (unpaired) electrons. The van der Waals surface area contributed by atoms with Gasteiger partial charge in [-0.25, -0.2) is 0 Å². The number of methoxy groups -OCH3 is 1. The van der Waals surface area contributed by atoms with E-state index in [9.17, 15) is 4.79 Å². The van der Waals surface area contributed by atoms with E-state index in [-0.39, 0.29) is 5.91 Å². The Bertz CT molecular complexity index is 710. The van der Waals surface area contributed by atoms with Crippen molar-refractivity contribution >= 4 is 11.6 Å². The first-order valence-corrected chi connectivity index (χ1v) is 8.24. The minimum absolute atomic E-state index is 0.165. The first kappa shape index (κ1) is 17.9. The summed E-state index contributed by atoms with van der Waals surface area (Å²) in [5, 5.41) is 2.96. The predicted octanol–water partition coefficient (Wildman–Crippen LogP) is 4.74. The standard InChI is InChI=1S/C20H25NO3/c1-5-6-11-24-18-10-9-16(13-19(18)23-4)20(22)21-17-12-14(2)7-8-15(17)3/h7-10,12-13H,5-6,11H2,1-4H3,(H,21,22). The highest BCUT2D eigenvalue weighted by atomic mass is 16.5. The maximum atomic E-state index is 12.5. The number of unbranched alkanes of at least 4 members (excludes halogenated alkanes) is 1. The van der Waals surface area contributed by atoms with Gasteiger partial charge < -0.3 is 14.8 Å². The van der Waals surface area contributed by atoms with E-state index >= 15 is 0 Å². The zero-order valence-corrected chi connectivity index (χ0v) is 14.8. The lowest BCUT2D eigenvalue weighted by molar-refractivity contribution is 0.102. The monoisotopic (exact) mass is 327 g/mol. The van der Waals surface area contributed by atoms with Gasteiger partial charge in [0.15, 0.2) is 11.5 Å². The molecule has 0 fully saturated rings. The molecule has 0 heterocycles. The molecule has 0 atom stereocenters. The Labute approximate surface area is 143 Å². The number of benzene rings is 2. The molecule has 0 aromatic heterocycles. The molecule has 2 aromatic carbocycles. The fourth-order valence-electron chi connectivity index (χ4n) is 2.32. The van der Waals surface area contributed by atoms with Crippen LogP contribution in [0.4, 0.5) is 5.69 Å². The fourth-order valence-corrected chi connectivity index (χ4v) is 2.32. The van der Waals surface area contributed by atoms with Crippen molar-refractivity contribution in [1.82, 2.24) is 0 Å². The number of ether oxygens (including phenoxy) is 2. The summed E-state index contributed by atoms with van der Waals surface area (Å²) >= 11 is 0. The number of hydrogen-bond donors (Lipinski definition) is 1. The molecule has 0 aliphatic carbocycles. The van der Waals surface area contributed by atoms with Gasteiger partial charge in [0.2, 0.25) is 0 Å². The van der Waals surface area contributed by atoms with E-state index in [1.807, 2.05) is 32.0 Å². The molecular formula is C20H25NO3. The number of amides is 1. The van der Waals surface area contributed by atoms with Crippen molar-refractivity contribution < 1.29 is 14.3 Å². The smallest absolute Gasteiger partial charge is 0.255 e. The molecule has 128 valence electrons. The van der Waals surface area contributed by atoms with Crippen molar-refractivity contribution in [2.75, 3.05) is 19.0 Å². The number of carbonyl (C=O) groups is 1. The van der Waals surface area contributed by atoms with Crippen LogP contribution in [0.1, 0.15) is 41.3 Å². The number of rotatable bonds is 7. The predicted molar refractivity (Wildman–Crippen MR) is 97.3 cm³/mol. The van der Waals surface area contributed by atoms with E-state index in [4.69, 9.17) is 9.47 Å². The van der Waals surface area contributed by atoms with Gasteiger partial charge >= 0.3 is 0 Å². The summed E-state index contributed by atoms with van der Waals surface area (Å²) in [6.07, 6.45) is 2.05. The summed E-state index contributed by atoms with van der Waals surface area (Å²) in [6.45, 7) is 6.73. The highest BCUT2D eigenvalue weighted by Crippen LogP contribution is 2.29. The molecule has 24 heavy (non-hydrogen) atoms. The molecular weight excluding hydrogens is 302 g/mol. The van der Waals surface area contributed by atoms with E-state index in [1.54, 1.807) is 25.3 Å². The Balaban J connectivity index is 2.16. The molecule has 0 spiro atoms. The second-order valence-corrected chi connectivity index (χ2v) is 5.84. The maximum Gasteiger partial charge on any atom is 0.255 e. The summed E-state index contributed by atoms with van der Waals surface area (Å²) in [5.74, 6) is 1.07. The minimum atomic E-state index is -0.165. The second-order valence-electron chi connectivity index (χ2n) is 5.84. The first-order valence-electron chi connectivity index (χ1n) is 8.24. The number of aryl methyl sites for hydroxylation is 2. The van der Waals surface area contributed by atoms with Crippen molar-refractivity contribution in [3.63, 3.8) is 0 Å². The summed E-state index contributed by atoms with van der Waals surface area (Å²) in [4.78, 5) is 12.5. The summed E-state index contributed by atoms with van der Waals surface area (Å²) < 4.78 is 11.1. The molecule has 1 N–H and O–H groups in total. The van der Waals surface area contributed by atoms with Crippen LogP contribution in [0, 0.1) is 13.8 Å². The van der Waals surface area contributed by atoms with E-state index in [0.717, 1.165) is 29.7 Å². The quantitative estimate of drug-likeness (QED) is 0.747. The van der Waals surface area contributed by atoms with Crippen LogP contribution in [-0.4, -0.2) is 19.6 Å². The number of anilines is 1. The molecule has 0 aliphatic rings. The van der Waals surface area contributed by atoms with Crippen LogP contribution in [-0.2, 0) is 0 Å². The Hall–Kier alpha value is -2.49. The topological polar surface area (TPSA) is 47.6 Å². The van der Waals surface area contributed by atoms with Gasteiger partial charge in [-0.2, -0.15) is 0 Å². The lowest BCUT2D eigenvalue weighted by atomic mass is 10.1. The molecule has 2 rings (SSSR count). The molecule has 1 amide bonds. The van der Waals surface area contributed by atoms with Crippen LogP contribution in [0.25, 0.3) is 0 Å². The van der Waals surface area contributed by atoms with E-state index in [1.165, 1.54) is 0 Å². The van der Waals surface area contributed by atoms with Gasteiger partial charge in [-0.15, -0.1) is 0 Å². The third-order valence-electron chi connectivity index (χ3n) is 3.82. The number of carbonyl (C=O) groups excluding carboxylic acids is 1. The van der Waals surface area contributed by atoms with Crippen molar-refractivity contribution in [3.05, 3.63) is 53.1 Å². The summed E-state index contributed by atoms with van der Waals surface area (Å²) in [5.41, 5.74) is 3.49. The van der Waals surface area contributed by atoms with Crippen LogP contribution in [0.2, 0.25) is 0 Å². The highest BCUT2D eigenvalue weighted by molar-refractivity contribution is 6.05. The van der Waals surface area contributed by atoms with E-state index in [0.29, 0.717) is 23.7 Å². The van der Waals surface area contributed by atoms with Gasteiger partial charge in [-0.3, -0.25) is 4.79 Å². The first-order chi connectivity index (χ1) is 11.5. The third kappa shape index (κ3) is 4.51. The van der Waals surface area contributed by atoms with Crippen molar-refractivity contribution in [3.8, 4) is 11.5 Å². The average Bonchev–Trinajstić information content (AvgIpc) is 2.58. The van der Waals surface area contributed by atoms with Crippen molar-refractivity contribution in [2.45, 2.75) is 33.6 Å². The molecule has 0 bridgehead atoms. The molecule has 0 unspecified atom stereocenters. The maximum absolute atomic E-state index is 12.5. The zero-order valence-electron chi connectivity index (χ0n) is 14.8. The number of hydrogen-bond acceptors (Lipinski definition) is 3. The fraction of sp³-hybridized carbons (Fsp3) is 0.350. The van der Waals surface area contributed by atoms with Gasteiger partial charge in [0.1, 0.15) is 0 Å². The van der Waals surface area contributed by atoms with Gasteiger partial charge in [-0.1, -0.05) is 25.5 Å². The van der Waals surface area contributed by atoms with Gasteiger partial charge in [0.05, 0.1) is 13.7 Å². The second kappa shape index (κ2) is 8.39. The van der Waals surface area contributed by atoms with Crippen LogP contribution in [0.15, 0.2) is 36.4 Å². The Morgan fingerprint density at radius 1 is 1.08 bits per heavy atom. The third-order valence-corrected chi connectivity index (χ3v) is 3.82. The van der Waals surface area contributed by atoms with Gasteiger partial charge in [0.25, 0.3) is 5.91 Å². The summed E-state index contributed by atoms with van der Waals surface area (Å²) in [7, 11) is 1.58. The molecule has 0 saturated heterocycles. The Kier molecular flexibility index (Phi) is 6.24. The van der Waals surface area contributed by atoms with Crippen LogP contribution >= 0.6 is 0 Å². The minimum Gasteiger partial charge on any atom is -0.493 e. The Morgan fingerprint density at radius 2 is 1.88 bits per heavy atom. The SMILES string of the molecule is CCCCOc1ccc(C(=O)Nc2cc(C)ccc2C)cc1OC. The lowest BCUT2D eigenvalue weighted by Gasteiger charge is -2.13.